The molecule has 0 saturated carbocycles. The van der Waals surface area contributed by atoms with Crippen molar-refractivity contribution in [3.05, 3.63) is 95.1 Å². The highest BCUT2D eigenvalue weighted by molar-refractivity contribution is 6.74. The van der Waals surface area contributed by atoms with Gasteiger partial charge in [-0.15, -0.1) is 0 Å². The van der Waals surface area contributed by atoms with Crippen molar-refractivity contribution in [2.45, 2.75) is 83.8 Å². The van der Waals surface area contributed by atoms with E-state index in [1.54, 1.807) is 0 Å². The van der Waals surface area contributed by atoms with Crippen LogP contribution < -0.4 is 15.4 Å². The van der Waals surface area contributed by atoms with Gasteiger partial charge in [-0.05, 0) is 72.8 Å². The van der Waals surface area contributed by atoms with E-state index in [9.17, 15) is 14.7 Å². The minimum absolute atomic E-state index is 0.00629. The highest BCUT2D eigenvalue weighted by atomic mass is 28.4. The molecular weight excluding hydrogens is 544 g/mol. The quantitative estimate of drug-likeness (QED) is 0.129. The first-order valence-electron chi connectivity index (χ1n) is 14.4. The van der Waals surface area contributed by atoms with Crippen LogP contribution in [0.1, 0.15) is 63.0 Å². The number of aliphatic carboxylic acids is 1. The molecule has 0 spiro atoms. The fraction of sp³-hybridized carbons (Fsp3) is 0.412. The predicted octanol–water partition coefficient (Wildman–Crippen LogP) is 7.13. The lowest BCUT2D eigenvalue weighted by Crippen LogP contribution is -2.47. The average Bonchev–Trinajstić information content (AvgIpc) is 2.90. The Morgan fingerprint density at radius 1 is 0.929 bits per heavy atom. The van der Waals surface area contributed by atoms with Crippen LogP contribution in [-0.4, -0.2) is 37.9 Å². The number of hydrogen-bond donors (Lipinski definition) is 3. The SMILES string of the molecule is CC(C)(Cc1cccc(CC(=O)O)c1)NC[C@H](O[Si](C)(C)C(C)(C)C)c1ccc(OCc2ccccc2)c(NC=O)c1. The van der Waals surface area contributed by atoms with Gasteiger partial charge in [0.25, 0.3) is 0 Å². The summed E-state index contributed by atoms with van der Waals surface area (Å²) < 4.78 is 13.0. The van der Waals surface area contributed by atoms with Crippen molar-refractivity contribution < 1.29 is 23.9 Å². The lowest BCUT2D eigenvalue weighted by molar-refractivity contribution is -0.136. The largest absolute Gasteiger partial charge is 0.487 e. The Kier molecular flexibility index (Phi) is 11.1. The van der Waals surface area contributed by atoms with Gasteiger partial charge in [-0.1, -0.05) is 81.4 Å². The number of amides is 1. The Hall–Kier alpha value is -3.46. The van der Waals surface area contributed by atoms with Crippen molar-refractivity contribution in [3.63, 3.8) is 0 Å². The summed E-state index contributed by atoms with van der Waals surface area (Å²) in [6.45, 7) is 16.4. The molecule has 0 aromatic heterocycles. The molecule has 0 bridgehead atoms. The molecule has 0 unspecified atom stereocenters. The number of anilines is 1. The lowest BCUT2D eigenvalue weighted by atomic mass is 9.93. The third-order valence-electron chi connectivity index (χ3n) is 7.83. The van der Waals surface area contributed by atoms with Crippen LogP contribution in [0.5, 0.6) is 5.75 Å². The first kappa shape index (κ1) is 33.0. The van der Waals surface area contributed by atoms with Gasteiger partial charge in [-0.25, -0.2) is 0 Å². The van der Waals surface area contributed by atoms with Crippen molar-refractivity contribution in [2.24, 2.45) is 0 Å². The van der Waals surface area contributed by atoms with Crippen LogP contribution in [0, 0.1) is 0 Å². The minimum atomic E-state index is -2.17. The first-order valence-corrected chi connectivity index (χ1v) is 17.3. The van der Waals surface area contributed by atoms with Crippen LogP contribution in [0.3, 0.4) is 0 Å². The molecule has 3 N–H and O–H groups in total. The molecule has 3 aromatic rings. The second-order valence-electron chi connectivity index (χ2n) is 13.0. The van der Waals surface area contributed by atoms with E-state index in [2.05, 4.69) is 58.3 Å². The van der Waals surface area contributed by atoms with E-state index in [1.165, 1.54) is 0 Å². The zero-order chi connectivity index (χ0) is 31.0. The molecule has 0 fully saturated rings. The number of rotatable bonds is 15. The molecule has 0 heterocycles. The van der Waals surface area contributed by atoms with Gasteiger partial charge in [0.15, 0.2) is 8.32 Å². The molecule has 1 amide bonds. The van der Waals surface area contributed by atoms with Crippen molar-refractivity contribution >= 4 is 26.4 Å². The summed E-state index contributed by atoms with van der Waals surface area (Å²) in [5, 5.41) is 15.7. The summed E-state index contributed by atoms with van der Waals surface area (Å²) >= 11 is 0. The molecule has 1 atom stereocenters. The summed E-state index contributed by atoms with van der Waals surface area (Å²) in [7, 11) is -2.17. The zero-order valence-electron chi connectivity index (χ0n) is 26.0. The van der Waals surface area contributed by atoms with Crippen LogP contribution in [0.2, 0.25) is 18.1 Å². The normalized spacial score (nSPS) is 12.9. The molecule has 3 rings (SSSR count). The summed E-state index contributed by atoms with van der Waals surface area (Å²) in [5.41, 5.74) is 4.15. The van der Waals surface area contributed by atoms with Gasteiger partial charge in [0, 0.05) is 12.1 Å². The summed E-state index contributed by atoms with van der Waals surface area (Å²) in [5.74, 6) is -0.245. The van der Waals surface area contributed by atoms with E-state index in [0.717, 1.165) is 28.7 Å². The van der Waals surface area contributed by atoms with Crippen LogP contribution in [0.25, 0.3) is 0 Å². The average molecular weight is 591 g/mol. The number of hydrogen-bond acceptors (Lipinski definition) is 5. The van der Waals surface area contributed by atoms with Crippen molar-refractivity contribution in [1.82, 2.24) is 5.32 Å². The van der Waals surface area contributed by atoms with Crippen LogP contribution in [-0.2, 0) is 33.5 Å². The highest BCUT2D eigenvalue weighted by Crippen LogP contribution is 2.40. The van der Waals surface area contributed by atoms with Crippen molar-refractivity contribution in [2.75, 3.05) is 11.9 Å². The lowest BCUT2D eigenvalue weighted by Gasteiger charge is -2.40. The Morgan fingerprint density at radius 2 is 1.60 bits per heavy atom. The smallest absolute Gasteiger partial charge is 0.307 e. The van der Waals surface area contributed by atoms with E-state index in [0.29, 0.717) is 31.0 Å². The van der Waals surface area contributed by atoms with Crippen molar-refractivity contribution in [1.29, 1.82) is 0 Å². The third kappa shape index (κ3) is 9.82. The molecule has 3 aromatic carbocycles. The minimum Gasteiger partial charge on any atom is -0.487 e. The molecular formula is C34H46N2O5Si. The fourth-order valence-electron chi connectivity index (χ4n) is 4.51. The summed E-state index contributed by atoms with van der Waals surface area (Å²) in [6, 6.07) is 23.5. The van der Waals surface area contributed by atoms with Gasteiger partial charge in [-0.2, -0.15) is 0 Å². The second kappa shape index (κ2) is 14.1. The first-order chi connectivity index (χ1) is 19.7. The van der Waals surface area contributed by atoms with E-state index < -0.39 is 14.3 Å². The Labute approximate surface area is 251 Å². The van der Waals surface area contributed by atoms with Gasteiger partial charge >= 0.3 is 5.97 Å². The third-order valence-corrected chi connectivity index (χ3v) is 12.3. The standard InChI is InChI=1S/C34H46N2O5Si/c1-33(2,3)42(6,7)41-31(22-36-34(4,5)21-27-15-11-14-26(18-27)19-32(38)39)28-16-17-30(29(20-28)35-24-37)40-23-25-12-9-8-10-13-25/h8-18,20,24,31,36H,19,21-23H2,1-7H3,(H,35,37)(H,38,39)/t31-/m0/s1. The maximum absolute atomic E-state index is 11.5. The number of ether oxygens (including phenoxy) is 1. The molecule has 7 nitrogen and oxygen atoms in total. The van der Waals surface area contributed by atoms with E-state index in [-0.39, 0.29) is 23.1 Å². The Balaban J connectivity index is 1.84. The number of nitrogens with one attached hydrogen (secondary N) is 2. The maximum Gasteiger partial charge on any atom is 0.307 e. The number of benzene rings is 3. The molecule has 0 aliphatic rings. The van der Waals surface area contributed by atoms with E-state index in [1.807, 2.05) is 72.8 Å². The molecule has 42 heavy (non-hydrogen) atoms. The second-order valence-corrected chi connectivity index (χ2v) is 17.7. The van der Waals surface area contributed by atoms with E-state index in [4.69, 9.17) is 9.16 Å². The Bertz CT molecular complexity index is 1340. The molecule has 0 saturated heterocycles. The molecule has 226 valence electrons. The molecule has 0 aliphatic heterocycles. The predicted molar refractivity (Wildman–Crippen MR) is 171 cm³/mol. The number of carbonyl (C=O) groups excluding carboxylic acids is 1. The number of carbonyl (C=O) groups is 2. The monoisotopic (exact) mass is 590 g/mol. The summed E-state index contributed by atoms with van der Waals surface area (Å²) in [4.78, 5) is 22.7. The molecule has 8 heteroatoms. The van der Waals surface area contributed by atoms with Gasteiger partial charge in [0.2, 0.25) is 6.41 Å². The van der Waals surface area contributed by atoms with Gasteiger partial charge in [0.1, 0.15) is 12.4 Å². The summed E-state index contributed by atoms with van der Waals surface area (Å²) in [6.07, 6.45) is 1.13. The molecule has 0 radical (unpaired) electrons. The van der Waals surface area contributed by atoms with E-state index >= 15 is 0 Å². The van der Waals surface area contributed by atoms with Crippen LogP contribution in [0.4, 0.5) is 5.69 Å². The zero-order valence-corrected chi connectivity index (χ0v) is 27.0. The van der Waals surface area contributed by atoms with Gasteiger partial charge < -0.3 is 24.9 Å². The number of carboxylic acid groups (broad SMARTS) is 1. The van der Waals surface area contributed by atoms with Crippen LogP contribution in [0.15, 0.2) is 72.8 Å². The van der Waals surface area contributed by atoms with Crippen LogP contribution >= 0.6 is 0 Å². The highest BCUT2D eigenvalue weighted by Gasteiger charge is 2.40. The maximum atomic E-state index is 11.5. The topological polar surface area (TPSA) is 96.9 Å². The van der Waals surface area contributed by atoms with Gasteiger partial charge in [-0.3, -0.25) is 9.59 Å². The Morgan fingerprint density at radius 3 is 2.24 bits per heavy atom. The number of carboxylic acids is 1. The fourth-order valence-corrected chi connectivity index (χ4v) is 5.80. The van der Waals surface area contributed by atoms with Gasteiger partial charge in [0.05, 0.1) is 18.2 Å². The van der Waals surface area contributed by atoms with Crippen molar-refractivity contribution in [3.8, 4) is 5.75 Å². The molecule has 0 aliphatic carbocycles.